The second-order valence-electron chi connectivity index (χ2n) is 8.74. The Kier molecular flexibility index (Phi) is 16.9. The summed E-state index contributed by atoms with van der Waals surface area (Å²) >= 11 is 2.27. The summed E-state index contributed by atoms with van der Waals surface area (Å²) < 4.78 is 0. The zero-order valence-electron chi connectivity index (χ0n) is 19.6. The van der Waals surface area contributed by atoms with Crippen LogP contribution in [-0.2, 0) is 57.7 Å². The van der Waals surface area contributed by atoms with Crippen LogP contribution in [0.1, 0.15) is 85.8 Å². The number of rotatable bonds is 4. The van der Waals surface area contributed by atoms with Gasteiger partial charge < -0.3 is 24.8 Å². The van der Waals surface area contributed by atoms with Gasteiger partial charge in [-0.3, -0.25) is 0 Å². The van der Waals surface area contributed by atoms with Crippen molar-refractivity contribution < 1.29 is 44.0 Å². The predicted octanol–water partition coefficient (Wildman–Crippen LogP) is 1.27. The molecule has 0 N–H and O–H groups in total. The molecule has 0 unspecified atom stereocenters. The van der Waals surface area contributed by atoms with Gasteiger partial charge in [-0.2, -0.15) is 45.5 Å². The predicted molar refractivity (Wildman–Crippen MR) is 123 cm³/mol. The average molecular weight is 499 g/mol. The first-order chi connectivity index (χ1) is 13.5. The summed E-state index contributed by atoms with van der Waals surface area (Å²) in [5.41, 5.74) is 9.72. The van der Waals surface area contributed by atoms with Crippen molar-refractivity contribution in [2.24, 2.45) is 0 Å². The summed E-state index contributed by atoms with van der Waals surface area (Å²) in [6.45, 7) is 9.05. The van der Waals surface area contributed by atoms with E-state index in [1.807, 2.05) is 0 Å². The van der Waals surface area contributed by atoms with Crippen LogP contribution in [0.5, 0.6) is 0 Å². The Morgan fingerprint density at radius 2 is 1.07 bits per heavy atom. The van der Waals surface area contributed by atoms with Crippen LogP contribution in [0, 0.1) is 0 Å². The van der Waals surface area contributed by atoms with E-state index in [0.717, 1.165) is 0 Å². The third-order valence-electron chi connectivity index (χ3n) is 5.63. The Balaban J connectivity index is 0.000000452. The zero-order chi connectivity index (χ0) is 20.4. The van der Waals surface area contributed by atoms with Gasteiger partial charge in [0.15, 0.2) is 0 Å². The average Bonchev–Trinajstić information content (AvgIpc) is 3.25. The van der Waals surface area contributed by atoms with E-state index in [2.05, 4.69) is 70.4 Å². The molecule has 0 aromatic heterocycles. The largest absolute Gasteiger partial charge is 1.00 e. The minimum absolute atomic E-state index is 0. The first kappa shape index (κ1) is 30.2. The van der Waals surface area contributed by atoms with Crippen LogP contribution in [0.25, 0.3) is 0 Å². The van der Waals surface area contributed by atoms with Gasteiger partial charge in [0.05, 0.1) is 0 Å². The fraction of sp³-hybridized carbons (Fsp3) is 0.615. The molecule has 0 nitrogen and oxygen atoms in total. The van der Waals surface area contributed by atoms with Gasteiger partial charge in [0.25, 0.3) is 0 Å². The van der Waals surface area contributed by atoms with Gasteiger partial charge in [-0.1, -0.05) is 90.9 Å². The van der Waals surface area contributed by atoms with Crippen molar-refractivity contribution in [2.75, 3.05) is 0 Å². The number of fused-ring (bicyclic) bond motifs is 2. The molecule has 0 bridgehead atoms. The SMILES string of the molecule is CCCc1cc2c([cH-]1)CCCC2.CCCc1cc2c([cH-]1)CCCC2.C[Si](C)=[Ti+2].[Cl-].[Cl-]. The normalized spacial score (nSPS) is 13.8. The van der Waals surface area contributed by atoms with Crippen molar-refractivity contribution in [3.8, 4) is 0 Å². The van der Waals surface area contributed by atoms with Crippen molar-refractivity contribution in [3.63, 3.8) is 0 Å². The van der Waals surface area contributed by atoms with E-state index in [0.29, 0.717) is 0 Å². The van der Waals surface area contributed by atoms with Gasteiger partial charge in [0.2, 0.25) is 0 Å². The van der Waals surface area contributed by atoms with E-state index in [4.69, 9.17) is 0 Å². The third-order valence-corrected chi connectivity index (χ3v) is 5.63. The second kappa shape index (κ2) is 16.8. The molecule has 2 aliphatic carbocycles. The van der Waals surface area contributed by atoms with Crippen molar-refractivity contribution in [2.45, 2.75) is 104 Å². The summed E-state index contributed by atoms with van der Waals surface area (Å²) in [5.74, 6) is 0. The van der Waals surface area contributed by atoms with Crippen molar-refractivity contribution in [3.05, 3.63) is 57.6 Å². The van der Waals surface area contributed by atoms with Crippen LogP contribution in [0.4, 0.5) is 0 Å². The second-order valence-corrected chi connectivity index (χ2v) is 15.4. The molecule has 0 radical (unpaired) electrons. The van der Waals surface area contributed by atoms with Crippen LogP contribution in [0.3, 0.4) is 0 Å². The third kappa shape index (κ3) is 10.7. The van der Waals surface area contributed by atoms with Crippen molar-refractivity contribution in [1.82, 2.24) is 0 Å². The van der Waals surface area contributed by atoms with Gasteiger partial charge in [-0.15, -0.1) is 0 Å². The van der Waals surface area contributed by atoms with Crippen LogP contribution < -0.4 is 24.8 Å². The molecule has 0 spiro atoms. The first-order valence-electron chi connectivity index (χ1n) is 11.6. The summed E-state index contributed by atoms with van der Waals surface area (Å²) in [6, 6.07) is 9.71. The van der Waals surface area contributed by atoms with Gasteiger partial charge in [-0.25, -0.2) is 12.1 Å². The van der Waals surface area contributed by atoms with Crippen LogP contribution in [0.2, 0.25) is 13.1 Å². The van der Waals surface area contributed by atoms with Crippen LogP contribution >= 0.6 is 0 Å². The fourth-order valence-electron chi connectivity index (χ4n) is 4.41. The molecule has 2 aliphatic rings. The minimum Gasteiger partial charge on any atom is -1.00 e. The number of hydrogen-bond acceptors (Lipinski definition) is 0. The molecule has 0 saturated heterocycles. The Hall–Kier alpha value is 0.211. The Morgan fingerprint density at radius 3 is 1.37 bits per heavy atom. The summed E-state index contributed by atoms with van der Waals surface area (Å²) in [6.07, 6.45) is 16.2. The monoisotopic (exact) mass is 498 g/mol. The molecule has 168 valence electrons. The van der Waals surface area contributed by atoms with Gasteiger partial charge in [-0.05, 0) is 0 Å². The van der Waals surface area contributed by atoms with E-state index < -0.39 is 0 Å². The van der Waals surface area contributed by atoms with Crippen molar-refractivity contribution in [1.29, 1.82) is 0 Å². The van der Waals surface area contributed by atoms with E-state index in [9.17, 15) is 0 Å². The molecule has 0 atom stereocenters. The topological polar surface area (TPSA) is 0 Å². The van der Waals surface area contributed by atoms with Gasteiger partial charge in [0, 0.05) is 0 Å². The van der Waals surface area contributed by atoms with E-state index in [1.54, 1.807) is 33.4 Å². The quantitative estimate of drug-likeness (QED) is 0.439. The van der Waals surface area contributed by atoms with Crippen molar-refractivity contribution >= 4 is 6.19 Å². The number of halogens is 2. The maximum Gasteiger partial charge on any atom is -1.00 e. The summed E-state index contributed by atoms with van der Waals surface area (Å²) in [4.78, 5) is 0. The smallest absolute Gasteiger partial charge is 1.00 e. The fourth-order valence-corrected chi connectivity index (χ4v) is 4.41. The zero-order valence-corrected chi connectivity index (χ0v) is 23.6. The van der Waals surface area contributed by atoms with E-state index >= 15 is 0 Å². The molecule has 0 saturated carbocycles. The standard InChI is InChI=1S/2C12H17.C2H6Si.2ClH.Ti/c2*1-2-5-10-8-11-6-3-4-7-12(11)9-10;1-3-2;;;/h2*8-9H,2-7H2,1H3;1-2H3;2*1H;/q2*-1;;;;+2/p-2. The molecule has 0 amide bonds. The number of aryl methyl sites for hydroxylation is 6. The Morgan fingerprint density at radius 1 is 0.733 bits per heavy atom. The Labute approximate surface area is 210 Å². The van der Waals surface area contributed by atoms with Crippen LogP contribution in [-0.4, -0.2) is 6.19 Å². The molecular weight excluding hydrogens is 459 g/mol. The number of hydrogen-bond donors (Lipinski definition) is 0. The molecule has 2 aromatic rings. The summed E-state index contributed by atoms with van der Waals surface area (Å²) in [5, 5.41) is 0. The summed E-state index contributed by atoms with van der Waals surface area (Å²) in [7, 11) is 0. The molecule has 0 aliphatic heterocycles. The molecule has 30 heavy (non-hydrogen) atoms. The maximum absolute atomic E-state index is 2.43. The molecule has 0 fully saturated rings. The van der Waals surface area contributed by atoms with E-state index in [-0.39, 0.29) is 31.0 Å². The van der Waals surface area contributed by atoms with Gasteiger partial charge in [0.1, 0.15) is 0 Å². The first-order valence-corrected chi connectivity index (χ1v) is 16.4. The van der Waals surface area contributed by atoms with Gasteiger partial charge >= 0.3 is 38.5 Å². The van der Waals surface area contributed by atoms with E-state index in [1.165, 1.54) is 77.0 Å². The molecule has 4 heteroatoms. The minimum atomic E-state index is 0. The maximum atomic E-state index is 2.43. The Bertz CT molecular complexity index is 622. The molecule has 2 aromatic carbocycles. The van der Waals surface area contributed by atoms with Crippen LogP contribution in [0.15, 0.2) is 24.3 Å². The molecule has 0 heterocycles. The molecular formula is C26H40Cl2SiTi-2. The molecule has 4 rings (SSSR count).